The molecule has 76 valence electrons. The van der Waals surface area contributed by atoms with Crippen molar-refractivity contribution < 1.29 is 9.53 Å². The lowest BCUT2D eigenvalue weighted by atomic mass is 10.1. The van der Waals surface area contributed by atoms with E-state index in [4.69, 9.17) is 10.5 Å². The molecule has 4 nitrogen and oxygen atoms in total. The predicted molar refractivity (Wildman–Crippen MR) is 50.2 cm³/mol. The smallest absolute Gasteiger partial charge is 0.237 e. The van der Waals surface area contributed by atoms with Crippen molar-refractivity contribution in [2.75, 3.05) is 6.61 Å². The zero-order valence-corrected chi connectivity index (χ0v) is 8.25. The van der Waals surface area contributed by atoms with Crippen molar-refractivity contribution in [1.82, 2.24) is 5.32 Å². The summed E-state index contributed by atoms with van der Waals surface area (Å²) < 4.78 is 5.32. The van der Waals surface area contributed by atoms with Crippen molar-refractivity contribution in [1.29, 1.82) is 0 Å². The minimum Gasteiger partial charge on any atom is -0.376 e. The van der Waals surface area contributed by atoms with Gasteiger partial charge in [-0.3, -0.25) is 4.79 Å². The Morgan fingerprint density at radius 1 is 1.77 bits per heavy atom. The molecule has 1 aliphatic rings. The fourth-order valence-electron chi connectivity index (χ4n) is 1.40. The van der Waals surface area contributed by atoms with Gasteiger partial charge < -0.3 is 15.8 Å². The van der Waals surface area contributed by atoms with Crippen molar-refractivity contribution >= 4 is 5.91 Å². The van der Waals surface area contributed by atoms with Crippen LogP contribution in [0.3, 0.4) is 0 Å². The molecule has 0 aliphatic carbocycles. The molecule has 13 heavy (non-hydrogen) atoms. The van der Waals surface area contributed by atoms with Crippen LogP contribution in [0, 0.1) is 0 Å². The topological polar surface area (TPSA) is 64.4 Å². The van der Waals surface area contributed by atoms with Crippen LogP contribution in [0.2, 0.25) is 0 Å². The van der Waals surface area contributed by atoms with Crippen LogP contribution < -0.4 is 11.1 Å². The molecule has 1 heterocycles. The summed E-state index contributed by atoms with van der Waals surface area (Å²) in [6, 6.07) is -0.238. The summed E-state index contributed by atoms with van der Waals surface area (Å²) in [5.74, 6) is -0.0650. The van der Waals surface area contributed by atoms with Gasteiger partial charge in [0.2, 0.25) is 5.91 Å². The zero-order chi connectivity index (χ0) is 9.84. The summed E-state index contributed by atoms with van der Waals surface area (Å²) in [7, 11) is 0. The fourth-order valence-corrected chi connectivity index (χ4v) is 1.40. The second-order valence-corrected chi connectivity index (χ2v) is 3.49. The minimum absolute atomic E-state index is 0.0650. The Bertz CT molecular complexity index is 184. The summed E-state index contributed by atoms with van der Waals surface area (Å²) in [5.41, 5.74) is 5.59. The molecule has 0 aromatic rings. The number of rotatable bonds is 3. The zero-order valence-electron chi connectivity index (χ0n) is 8.25. The van der Waals surface area contributed by atoms with Gasteiger partial charge in [-0.05, 0) is 19.8 Å². The molecule has 0 aromatic heterocycles. The van der Waals surface area contributed by atoms with Gasteiger partial charge in [-0.2, -0.15) is 0 Å². The number of nitrogens with two attached hydrogens (primary N) is 1. The predicted octanol–water partition coefficient (Wildman–Crippen LogP) is 0.0173. The van der Waals surface area contributed by atoms with Gasteiger partial charge in [-0.15, -0.1) is 0 Å². The lowest BCUT2D eigenvalue weighted by molar-refractivity contribution is -0.123. The van der Waals surface area contributed by atoms with Gasteiger partial charge in [0.15, 0.2) is 0 Å². The summed E-state index contributed by atoms with van der Waals surface area (Å²) in [6.07, 6.45) is 1.69. The SMILES string of the molecule is CC[C@@H](N)C(=O)NC1CCOC1C. The van der Waals surface area contributed by atoms with E-state index < -0.39 is 0 Å². The number of carbonyl (C=O) groups is 1. The molecule has 0 bridgehead atoms. The van der Waals surface area contributed by atoms with Crippen molar-refractivity contribution in [3.63, 3.8) is 0 Å². The normalized spacial score (nSPS) is 30.1. The van der Waals surface area contributed by atoms with Crippen molar-refractivity contribution in [2.45, 2.75) is 44.9 Å². The number of ether oxygens (including phenoxy) is 1. The molecule has 3 atom stereocenters. The van der Waals surface area contributed by atoms with Crippen LogP contribution in [-0.4, -0.2) is 30.7 Å². The van der Waals surface area contributed by atoms with Crippen molar-refractivity contribution in [2.24, 2.45) is 5.73 Å². The van der Waals surface area contributed by atoms with Crippen LogP contribution >= 0.6 is 0 Å². The third-order valence-electron chi connectivity index (χ3n) is 2.48. The molecular formula is C9H18N2O2. The number of hydrogen-bond donors (Lipinski definition) is 2. The molecule has 1 amide bonds. The largest absolute Gasteiger partial charge is 0.376 e. The molecule has 2 unspecified atom stereocenters. The van der Waals surface area contributed by atoms with Crippen molar-refractivity contribution in [3.8, 4) is 0 Å². The first-order valence-corrected chi connectivity index (χ1v) is 4.82. The van der Waals surface area contributed by atoms with E-state index in [1.54, 1.807) is 0 Å². The van der Waals surface area contributed by atoms with E-state index in [0.717, 1.165) is 13.0 Å². The Morgan fingerprint density at radius 3 is 2.92 bits per heavy atom. The Labute approximate surface area is 78.8 Å². The van der Waals surface area contributed by atoms with Gasteiger partial charge >= 0.3 is 0 Å². The van der Waals surface area contributed by atoms with Crippen LogP contribution in [0.4, 0.5) is 0 Å². The highest BCUT2D eigenvalue weighted by molar-refractivity contribution is 5.81. The molecule has 1 aliphatic heterocycles. The average molecular weight is 186 g/mol. The molecule has 1 fully saturated rings. The Kier molecular flexibility index (Phi) is 3.69. The van der Waals surface area contributed by atoms with Gasteiger partial charge in [-0.1, -0.05) is 6.92 Å². The van der Waals surface area contributed by atoms with Crippen LogP contribution in [0.15, 0.2) is 0 Å². The molecule has 0 radical (unpaired) electrons. The van der Waals surface area contributed by atoms with Gasteiger partial charge in [0.25, 0.3) is 0 Å². The van der Waals surface area contributed by atoms with Gasteiger partial charge in [-0.25, -0.2) is 0 Å². The molecular weight excluding hydrogens is 168 g/mol. The second kappa shape index (κ2) is 4.58. The van der Waals surface area contributed by atoms with Crippen molar-refractivity contribution in [3.05, 3.63) is 0 Å². The summed E-state index contributed by atoms with van der Waals surface area (Å²) in [5, 5.41) is 2.89. The molecule has 1 saturated heterocycles. The van der Waals surface area contributed by atoms with E-state index in [-0.39, 0.29) is 24.1 Å². The summed E-state index contributed by atoms with van der Waals surface area (Å²) in [6.45, 7) is 4.60. The first-order chi connectivity index (χ1) is 6.15. The number of nitrogens with one attached hydrogen (secondary N) is 1. The lowest BCUT2D eigenvalue weighted by Crippen LogP contribution is -2.47. The Morgan fingerprint density at radius 2 is 2.46 bits per heavy atom. The van der Waals surface area contributed by atoms with Crippen LogP contribution in [0.5, 0.6) is 0 Å². The first-order valence-electron chi connectivity index (χ1n) is 4.82. The van der Waals surface area contributed by atoms with Crippen LogP contribution in [-0.2, 0) is 9.53 Å². The van der Waals surface area contributed by atoms with E-state index in [1.807, 2.05) is 13.8 Å². The van der Waals surface area contributed by atoms with Gasteiger partial charge in [0.1, 0.15) is 0 Å². The lowest BCUT2D eigenvalue weighted by Gasteiger charge is -2.18. The number of carbonyl (C=O) groups excluding carboxylic acids is 1. The van der Waals surface area contributed by atoms with Crippen LogP contribution in [0.25, 0.3) is 0 Å². The molecule has 4 heteroatoms. The Hall–Kier alpha value is -0.610. The van der Waals surface area contributed by atoms with E-state index in [1.165, 1.54) is 0 Å². The second-order valence-electron chi connectivity index (χ2n) is 3.49. The average Bonchev–Trinajstić information content (AvgIpc) is 2.50. The number of hydrogen-bond acceptors (Lipinski definition) is 3. The molecule has 0 spiro atoms. The van der Waals surface area contributed by atoms with E-state index in [9.17, 15) is 4.79 Å². The highest BCUT2D eigenvalue weighted by Crippen LogP contribution is 2.12. The number of amides is 1. The van der Waals surface area contributed by atoms with Gasteiger partial charge in [0.05, 0.1) is 18.2 Å². The Balaban J connectivity index is 2.35. The van der Waals surface area contributed by atoms with E-state index in [0.29, 0.717) is 6.42 Å². The summed E-state index contributed by atoms with van der Waals surface area (Å²) in [4.78, 5) is 11.4. The monoisotopic (exact) mass is 186 g/mol. The molecule has 1 rings (SSSR count). The maximum Gasteiger partial charge on any atom is 0.237 e. The van der Waals surface area contributed by atoms with Gasteiger partial charge in [0, 0.05) is 6.61 Å². The highest BCUT2D eigenvalue weighted by atomic mass is 16.5. The molecule has 0 saturated carbocycles. The first kappa shape index (κ1) is 10.5. The van der Waals surface area contributed by atoms with Crippen LogP contribution in [0.1, 0.15) is 26.7 Å². The fraction of sp³-hybridized carbons (Fsp3) is 0.889. The van der Waals surface area contributed by atoms with E-state index in [2.05, 4.69) is 5.32 Å². The maximum absolute atomic E-state index is 11.4. The highest BCUT2D eigenvalue weighted by Gasteiger charge is 2.26. The minimum atomic E-state index is -0.382. The molecule has 3 N–H and O–H groups in total. The quantitative estimate of drug-likeness (QED) is 0.653. The third kappa shape index (κ3) is 2.67. The molecule has 0 aromatic carbocycles. The van der Waals surface area contributed by atoms with E-state index >= 15 is 0 Å². The third-order valence-corrected chi connectivity index (χ3v) is 2.48. The standard InChI is InChI=1S/C9H18N2O2/c1-3-7(10)9(12)11-8-4-5-13-6(8)2/h6-8H,3-5,10H2,1-2H3,(H,11,12)/t6?,7-,8?/m1/s1. The maximum atomic E-state index is 11.4. The summed E-state index contributed by atoms with van der Waals surface area (Å²) >= 11 is 0.